The standard InChI is InChI=1S/C16H21N3O2/c1-4-12(2)19-15(8-9-17-19)18-16(20)11-13-6-5-7-14(10-13)21-3/h5-10,12H,4,11H2,1-3H3,(H,18,20). The summed E-state index contributed by atoms with van der Waals surface area (Å²) in [4.78, 5) is 12.1. The van der Waals surface area contributed by atoms with Gasteiger partial charge in [0.15, 0.2) is 0 Å². The first-order valence-corrected chi connectivity index (χ1v) is 7.10. The predicted octanol–water partition coefficient (Wildman–Crippen LogP) is 3.04. The van der Waals surface area contributed by atoms with E-state index >= 15 is 0 Å². The number of benzene rings is 1. The summed E-state index contributed by atoms with van der Waals surface area (Å²) in [5, 5.41) is 7.17. The molecule has 0 bridgehead atoms. The molecule has 1 atom stereocenters. The summed E-state index contributed by atoms with van der Waals surface area (Å²) in [5.74, 6) is 1.43. The molecular formula is C16H21N3O2. The van der Waals surface area contributed by atoms with Gasteiger partial charge in [-0.15, -0.1) is 0 Å². The molecule has 0 aliphatic carbocycles. The third kappa shape index (κ3) is 3.84. The summed E-state index contributed by atoms with van der Waals surface area (Å²) >= 11 is 0. The van der Waals surface area contributed by atoms with Crippen molar-refractivity contribution >= 4 is 11.7 Å². The van der Waals surface area contributed by atoms with Crippen molar-refractivity contribution in [3.8, 4) is 5.75 Å². The first kappa shape index (κ1) is 15.1. The minimum Gasteiger partial charge on any atom is -0.497 e. The summed E-state index contributed by atoms with van der Waals surface area (Å²) in [6, 6.07) is 9.59. The summed E-state index contributed by atoms with van der Waals surface area (Å²) < 4.78 is 7.00. The van der Waals surface area contributed by atoms with E-state index in [1.807, 2.05) is 35.0 Å². The second-order valence-corrected chi connectivity index (χ2v) is 4.99. The van der Waals surface area contributed by atoms with Gasteiger partial charge in [0.05, 0.1) is 25.8 Å². The van der Waals surface area contributed by atoms with E-state index in [9.17, 15) is 4.79 Å². The molecule has 5 nitrogen and oxygen atoms in total. The SMILES string of the molecule is CCC(C)n1nccc1NC(=O)Cc1cccc(OC)c1. The number of anilines is 1. The molecule has 1 N–H and O–H groups in total. The number of carbonyl (C=O) groups excluding carboxylic acids is 1. The first-order chi connectivity index (χ1) is 10.1. The number of rotatable bonds is 6. The van der Waals surface area contributed by atoms with Crippen LogP contribution in [0.2, 0.25) is 0 Å². The van der Waals surface area contributed by atoms with Crippen molar-refractivity contribution < 1.29 is 9.53 Å². The van der Waals surface area contributed by atoms with Crippen molar-refractivity contribution in [2.24, 2.45) is 0 Å². The van der Waals surface area contributed by atoms with Crippen LogP contribution >= 0.6 is 0 Å². The largest absolute Gasteiger partial charge is 0.497 e. The molecule has 112 valence electrons. The molecule has 2 rings (SSSR count). The van der Waals surface area contributed by atoms with E-state index in [4.69, 9.17) is 4.74 Å². The van der Waals surface area contributed by atoms with Crippen LogP contribution in [0, 0.1) is 0 Å². The molecule has 1 aromatic heterocycles. The van der Waals surface area contributed by atoms with Gasteiger partial charge >= 0.3 is 0 Å². The average molecular weight is 287 g/mol. The summed E-state index contributed by atoms with van der Waals surface area (Å²) in [6.45, 7) is 4.17. The molecule has 0 aliphatic rings. The molecule has 1 unspecified atom stereocenters. The van der Waals surface area contributed by atoms with Crippen molar-refractivity contribution in [2.45, 2.75) is 32.7 Å². The van der Waals surface area contributed by atoms with Gasteiger partial charge in [-0.2, -0.15) is 5.10 Å². The molecule has 1 amide bonds. The number of carbonyl (C=O) groups is 1. The second-order valence-electron chi connectivity index (χ2n) is 4.99. The van der Waals surface area contributed by atoms with Gasteiger partial charge in [0.25, 0.3) is 0 Å². The van der Waals surface area contributed by atoms with Gasteiger partial charge in [-0.3, -0.25) is 4.79 Å². The lowest BCUT2D eigenvalue weighted by molar-refractivity contribution is -0.115. The molecule has 0 saturated carbocycles. The second kappa shape index (κ2) is 6.92. The number of methoxy groups -OCH3 is 1. The molecule has 0 saturated heterocycles. The summed E-state index contributed by atoms with van der Waals surface area (Å²) in [6.07, 6.45) is 2.97. The molecule has 0 spiro atoms. The lowest BCUT2D eigenvalue weighted by atomic mass is 10.1. The number of nitrogens with one attached hydrogen (secondary N) is 1. The Bertz CT molecular complexity index is 607. The number of nitrogens with zero attached hydrogens (tertiary/aromatic N) is 2. The first-order valence-electron chi connectivity index (χ1n) is 7.10. The van der Waals surface area contributed by atoms with E-state index in [0.717, 1.165) is 23.6 Å². The van der Waals surface area contributed by atoms with Crippen LogP contribution in [0.5, 0.6) is 5.75 Å². The van der Waals surface area contributed by atoms with Crippen molar-refractivity contribution in [3.63, 3.8) is 0 Å². The van der Waals surface area contributed by atoms with Gasteiger partial charge in [0.2, 0.25) is 5.91 Å². The Hall–Kier alpha value is -2.30. The maximum absolute atomic E-state index is 12.1. The van der Waals surface area contributed by atoms with E-state index in [1.54, 1.807) is 13.3 Å². The van der Waals surface area contributed by atoms with E-state index in [1.165, 1.54) is 0 Å². The number of hydrogen-bond acceptors (Lipinski definition) is 3. The third-order valence-corrected chi connectivity index (χ3v) is 3.44. The van der Waals surface area contributed by atoms with Gasteiger partial charge in [-0.1, -0.05) is 19.1 Å². The Kier molecular flexibility index (Phi) is 4.98. The lowest BCUT2D eigenvalue weighted by Crippen LogP contribution is -2.19. The molecular weight excluding hydrogens is 266 g/mol. The van der Waals surface area contributed by atoms with Gasteiger partial charge in [-0.25, -0.2) is 4.68 Å². The van der Waals surface area contributed by atoms with Crippen LogP contribution < -0.4 is 10.1 Å². The highest BCUT2D eigenvalue weighted by molar-refractivity contribution is 5.91. The Balaban J connectivity index is 2.03. The van der Waals surface area contributed by atoms with Crippen LogP contribution in [0.3, 0.4) is 0 Å². The summed E-state index contributed by atoms with van der Waals surface area (Å²) in [7, 11) is 1.61. The lowest BCUT2D eigenvalue weighted by Gasteiger charge is -2.14. The third-order valence-electron chi connectivity index (χ3n) is 3.44. The smallest absolute Gasteiger partial charge is 0.229 e. The van der Waals surface area contributed by atoms with Crippen LogP contribution in [0.25, 0.3) is 0 Å². The molecule has 0 radical (unpaired) electrons. The Morgan fingerprint density at radius 1 is 1.43 bits per heavy atom. The van der Waals surface area contributed by atoms with Crippen molar-refractivity contribution in [3.05, 3.63) is 42.1 Å². The van der Waals surface area contributed by atoms with Gasteiger partial charge in [-0.05, 0) is 31.0 Å². The van der Waals surface area contributed by atoms with E-state index < -0.39 is 0 Å². The Morgan fingerprint density at radius 3 is 2.95 bits per heavy atom. The van der Waals surface area contributed by atoms with E-state index in [-0.39, 0.29) is 11.9 Å². The fourth-order valence-electron chi connectivity index (χ4n) is 2.09. The maximum atomic E-state index is 12.1. The minimum absolute atomic E-state index is 0.0618. The minimum atomic E-state index is -0.0618. The molecule has 0 aliphatic heterocycles. The Morgan fingerprint density at radius 2 is 2.24 bits per heavy atom. The molecule has 21 heavy (non-hydrogen) atoms. The van der Waals surface area contributed by atoms with Crippen LogP contribution in [0.4, 0.5) is 5.82 Å². The van der Waals surface area contributed by atoms with Crippen LogP contribution in [-0.2, 0) is 11.2 Å². The van der Waals surface area contributed by atoms with Crippen molar-refractivity contribution in [1.82, 2.24) is 9.78 Å². The summed E-state index contributed by atoms with van der Waals surface area (Å²) in [5.41, 5.74) is 0.918. The van der Waals surface area contributed by atoms with Crippen LogP contribution in [0.1, 0.15) is 31.9 Å². The number of aromatic nitrogens is 2. The zero-order valence-electron chi connectivity index (χ0n) is 12.7. The zero-order chi connectivity index (χ0) is 15.2. The van der Waals surface area contributed by atoms with E-state index in [2.05, 4.69) is 24.3 Å². The molecule has 5 heteroatoms. The van der Waals surface area contributed by atoms with Gasteiger partial charge in [0.1, 0.15) is 11.6 Å². The normalized spacial score (nSPS) is 12.0. The average Bonchev–Trinajstić information content (AvgIpc) is 2.94. The highest BCUT2D eigenvalue weighted by atomic mass is 16.5. The highest BCUT2D eigenvalue weighted by Gasteiger charge is 2.11. The molecule has 2 aromatic rings. The number of amides is 1. The van der Waals surface area contributed by atoms with E-state index in [0.29, 0.717) is 6.42 Å². The fourth-order valence-corrected chi connectivity index (χ4v) is 2.09. The van der Waals surface area contributed by atoms with Crippen LogP contribution in [-0.4, -0.2) is 22.8 Å². The Labute approximate surface area is 124 Å². The fraction of sp³-hybridized carbons (Fsp3) is 0.375. The van der Waals surface area contributed by atoms with Crippen molar-refractivity contribution in [2.75, 3.05) is 12.4 Å². The zero-order valence-corrected chi connectivity index (χ0v) is 12.7. The van der Waals surface area contributed by atoms with Crippen molar-refractivity contribution in [1.29, 1.82) is 0 Å². The topological polar surface area (TPSA) is 56.2 Å². The van der Waals surface area contributed by atoms with Crippen LogP contribution in [0.15, 0.2) is 36.5 Å². The number of ether oxygens (including phenoxy) is 1. The molecule has 0 fully saturated rings. The predicted molar refractivity (Wildman–Crippen MR) is 82.6 cm³/mol. The number of hydrogen-bond donors (Lipinski definition) is 1. The maximum Gasteiger partial charge on any atom is 0.229 e. The van der Waals surface area contributed by atoms with Gasteiger partial charge < -0.3 is 10.1 Å². The monoisotopic (exact) mass is 287 g/mol. The molecule has 1 heterocycles. The molecule has 1 aromatic carbocycles. The quantitative estimate of drug-likeness (QED) is 0.888. The van der Waals surface area contributed by atoms with Gasteiger partial charge in [0, 0.05) is 6.07 Å². The highest BCUT2D eigenvalue weighted by Crippen LogP contribution is 2.17.